The van der Waals surface area contributed by atoms with E-state index in [0.717, 1.165) is 19.3 Å². The topological polar surface area (TPSA) is 158 Å². The second kappa shape index (κ2) is 16.8. The summed E-state index contributed by atoms with van der Waals surface area (Å²) in [7, 11) is 0. The quantitative estimate of drug-likeness (QED) is 0.226. The molecule has 1 unspecified atom stereocenters. The number of aliphatic carboxylic acids is 1. The van der Waals surface area contributed by atoms with Gasteiger partial charge < -0.3 is 22.7 Å². The zero-order valence-electron chi connectivity index (χ0n) is 16.4. The van der Waals surface area contributed by atoms with Crippen molar-refractivity contribution < 1.29 is 19.5 Å². The predicted octanol–water partition coefficient (Wildman–Crippen LogP) is 3.53. The lowest BCUT2D eigenvalue weighted by Crippen LogP contribution is -2.43. The third kappa shape index (κ3) is 12.7. The van der Waals surface area contributed by atoms with Gasteiger partial charge in [-0.2, -0.15) is 0 Å². The first-order valence-corrected chi connectivity index (χ1v) is 9.73. The highest BCUT2D eigenvalue weighted by molar-refractivity contribution is 6.02. The number of nitrogens with two attached hydrogens (primary N) is 2. The first-order valence-electron chi connectivity index (χ1n) is 9.73. The molecular formula is C19H39N3O4. The van der Waals surface area contributed by atoms with Gasteiger partial charge in [-0.1, -0.05) is 84.0 Å². The molecule has 0 aliphatic heterocycles. The van der Waals surface area contributed by atoms with Gasteiger partial charge in [0.25, 0.3) is 0 Å². The maximum Gasteiger partial charge on any atom is 0.307 e. The van der Waals surface area contributed by atoms with Gasteiger partial charge in [-0.25, -0.2) is 0 Å². The highest BCUT2D eigenvalue weighted by Gasteiger charge is 2.36. The van der Waals surface area contributed by atoms with Crippen LogP contribution >= 0.6 is 0 Å². The summed E-state index contributed by atoms with van der Waals surface area (Å²) in [5, 5.41) is 9.20. The molecule has 26 heavy (non-hydrogen) atoms. The summed E-state index contributed by atoms with van der Waals surface area (Å²) in [6, 6.07) is 0. The van der Waals surface area contributed by atoms with Crippen molar-refractivity contribution in [3.63, 3.8) is 0 Å². The van der Waals surface area contributed by atoms with E-state index in [1.807, 2.05) is 0 Å². The minimum atomic E-state index is -1.43. The molecule has 0 rings (SSSR count). The van der Waals surface area contributed by atoms with Gasteiger partial charge in [0.05, 0.1) is 5.92 Å². The molecule has 7 heteroatoms. The van der Waals surface area contributed by atoms with Crippen LogP contribution in [-0.4, -0.2) is 22.9 Å². The minimum Gasteiger partial charge on any atom is -0.481 e. The molecule has 0 saturated heterocycles. The van der Waals surface area contributed by atoms with Crippen LogP contribution in [0.3, 0.4) is 0 Å². The minimum absolute atomic E-state index is 0. The van der Waals surface area contributed by atoms with Gasteiger partial charge in [-0.3, -0.25) is 14.4 Å². The molecule has 0 bridgehead atoms. The Bertz CT molecular complexity index is 388. The molecule has 1 atom stereocenters. The summed E-state index contributed by atoms with van der Waals surface area (Å²) < 4.78 is 0. The maximum atomic E-state index is 11.3. The molecule has 0 saturated carbocycles. The number of unbranched alkanes of at least 4 members (excludes halogenated alkanes) is 11. The highest BCUT2D eigenvalue weighted by Crippen LogP contribution is 2.21. The van der Waals surface area contributed by atoms with Crippen LogP contribution in [0.25, 0.3) is 0 Å². The average Bonchev–Trinajstić information content (AvgIpc) is 2.53. The number of carbonyl (C=O) groups is 3. The molecule has 0 radical (unpaired) electrons. The van der Waals surface area contributed by atoms with Gasteiger partial charge >= 0.3 is 5.97 Å². The van der Waals surface area contributed by atoms with Crippen molar-refractivity contribution in [3.05, 3.63) is 0 Å². The van der Waals surface area contributed by atoms with Crippen LogP contribution in [0.4, 0.5) is 0 Å². The van der Waals surface area contributed by atoms with Crippen LogP contribution in [0.1, 0.15) is 90.4 Å². The summed E-state index contributed by atoms with van der Waals surface area (Å²) in [6.07, 6.45) is 14.4. The Morgan fingerprint density at radius 2 is 1.08 bits per heavy atom. The third-order valence-electron chi connectivity index (χ3n) is 4.70. The normalized spacial score (nSPS) is 11.8. The smallest absolute Gasteiger partial charge is 0.307 e. The fourth-order valence-corrected chi connectivity index (χ4v) is 3.17. The van der Waals surface area contributed by atoms with E-state index in [9.17, 15) is 19.5 Å². The lowest BCUT2D eigenvalue weighted by atomic mass is 9.86. The Kier molecular flexibility index (Phi) is 17.2. The summed E-state index contributed by atoms with van der Waals surface area (Å²) in [5.74, 6) is -5.65. The Morgan fingerprint density at radius 1 is 0.731 bits per heavy atom. The number of amides is 2. The first-order chi connectivity index (χ1) is 11.9. The lowest BCUT2D eigenvalue weighted by molar-refractivity contribution is -0.150. The number of carboxylic acid groups (broad SMARTS) is 1. The second-order valence-electron chi connectivity index (χ2n) is 6.90. The summed E-state index contributed by atoms with van der Waals surface area (Å²) in [6.45, 7) is 2.22. The number of primary amides is 2. The van der Waals surface area contributed by atoms with Crippen LogP contribution in [0.5, 0.6) is 0 Å². The van der Waals surface area contributed by atoms with E-state index in [-0.39, 0.29) is 12.6 Å². The van der Waals surface area contributed by atoms with Crippen molar-refractivity contribution in [1.29, 1.82) is 0 Å². The van der Waals surface area contributed by atoms with E-state index in [1.165, 1.54) is 51.4 Å². The van der Waals surface area contributed by atoms with Gasteiger partial charge in [0.15, 0.2) is 0 Å². The van der Waals surface area contributed by atoms with Gasteiger partial charge in [0.1, 0.15) is 5.92 Å². The van der Waals surface area contributed by atoms with Gasteiger partial charge in [0.2, 0.25) is 11.8 Å². The van der Waals surface area contributed by atoms with E-state index in [0.29, 0.717) is 6.42 Å². The molecule has 0 fully saturated rings. The van der Waals surface area contributed by atoms with Crippen molar-refractivity contribution >= 4 is 17.8 Å². The van der Waals surface area contributed by atoms with E-state index in [1.54, 1.807) is 0 Å². The molecule has 0 aliphatic carbocycles. The molecule has 0 aliphatic rings. The molecule has 0 aromatic carbocycles. The molecule has 154 valence electrons. The van der Waals surface area contributed by atoms with Crippen molar-refractivity contribution in [2.75, 3.05) is 0 Å². The van der Waals surface area contributed by atoms with Crippen LogP contribution in [0.15, 0.2) is 0 Å². The lowest BCUT2D eigenvalue weighted by Gasteiger charge is -2.18. The number of hydrogen-bond acceptors (Lipinski definition) is 4. The van der Waals surface area contributed by atoms with Gasteiger partial charge in [-0.15, -0.1) is 0 Å². The van der Waals surface area contributed by atoms with Crippen molar-refractivity contribution in [2.24, 2.45) is 23.3 Å². The molecular weight excluding hydrogens is 334 g/mol. The summed E-state index contributed by atoms with van der Waals surface area (Å²) >= 11 is 0. The average molecular weight is 374 g/mol. The molecule has 0 heterocycles. The Labute approximate surface area is 157 Å². The number of hydrogen-bond donors (Lipinski definition) is 4. The van der Waals surface area contributed by atoms with Crippen LogP contribution < -0.4 is 17.6 Å². The zero-order chi connectivity index (χ0) is 19.1. The number of carbonyl (C=O) groups excluding carboxylic acids is 2. The maximum absolute atomic E-state index is 11.3. The largest absolute Gasteiger partial charge is 0.481 e. The van der Waals surface area contributed by atoms with Crippen LogP contribution in [-0.2, 0) is 14.4 Å². The number of rotatable bonds is 17. The molecule has 0 spiro atoms. The van der Waals surface area contributed by atoms with Crippen molar-refractivity contribution in [3.8, 4) is 0 Å². The third-order valence-corrected chi connectivity index (χ3v) is 4.70. The second-order valence-corrected chi connectivity index (χ2v) is 6.90. The zero-order valence-corrected chi connectivity index (χ0v) is 16.4. The standard InChI is InChI=1S/C19H36N2O4.H3N/c1-2-3-4-5-6-7-8-9-10-11-12-13-14-15(19(24)25)16(17(20)22)18(21)23;/h15-16H,2-14H2,1H3,(H2,20,22)(H2,21,23)(H,24,25);1H3. The first kappa shape index (κ1) is 26.6. The molecule has 7 nitrogen and oxygen atoms in total. The van der Waals surface area contributed by atoms with Crippen LogP contribution in [0, 0.1) is 11.8 Å². The predicted molar refractivity (Wildman–Crippen MR) is 104 cm³/mol. The van der Waals surface area contributed by atoms with E-state index in [2.05, 4.69) is 6.92 Å². The summed E-state index contributed by atoms with van der Waals surface area (Å²) in [4.78, 5) is 33.8. The Hall–Kier alpha value is -1.63. The number of carboxylic acids is 1. The Balaban J connectivity index is 0. The van der Waals surface area contributed by atoms with Crippen molar-refractivity contribution in [1.82, 2.24) is 6.15 Å². The van der Waals surface area contributed by atoms with E-state index in [4.69, 9.17) is 11.5 Å². The van der Waals surface area contributed by atoms with Gasteiger partial charge in [0, 0.05) is 0 Å². The van der Waals surface area contributed by atoms with E-state index < -0.39 is 29.6 Å². The molecule has 8 N–H and O–H groups in total. The molecule has 2 amide bonds. The fourth-order valence-electron chi connectivity index (χ4n) is 3.17. The van der Waals surface area contributed by atoms with Crippen molar-refractivity contribution in [2.45, 2.75) is 90.4 Å². The SMILES string of the molecule is CCCCCCCCCCCCCCC(C(=O)O)C(C(N)=O)C(N)=O.N. The highest BCUT2D eigenvalue weighted by atomic mass is 16.4. The van der Waals surface area contributed by atoms with E-state index >= 15 is 0 Å². The Morgan fingerprint density at radius 3 is 1.38 bits per heavy atom. The van der Waals surface area contributed by atoms with Crippen LogP contribution in [0.2, 0.25) is 0 Å². The molecule has 0 aromatic rings. The summed E-state index contributed by atoms with van der Waals surface area (Å²) in [5.41, 5.74) is 10.2. The van der Waals surface area contributed by atoms with Gasteiger partial charge in [-0.05, 0) is 6.42 Å². The monoisotopic (exact) mass is 373 g/mol. The molecule has 0 aromatic heterocycles. The fraction of sp³-hybridized carbons (Fsp3) is 0.842.